The largest absolute Gasteiger partial charge is 0.317 e. The molecule has 5 nitrogen and oxygen atoms in total. The van der Waals surface area contributed by atoms with Crippen molar-refractivity contribution in [3.05, 3.63) is 72.3 Å². The van der Waals surface area contributed by atoms with E-state index in [1.807, 2.05) is 6.07 Å². The highest BCUT2D eigenvalue weighted by Crippen LogP contribution is 2.30. The van der Waals surface area contributed by atoms with Gasteiger partial charge in [0.05, 0.1) is 15.9 Å². The van der Waals surface area contributed by atoms with Crippen molar-refractivity contribution in [2.24, 2.45) is 5.92 Å². The van der Waals surface area contributed by atoms with Gasteiger partial charge >= 0.3 is 0 Å². The highest BCUT2D eigenvalue weighted by Gasteiger charge is 2.24. The van der Waals surface area contributed by atoms with Crippen LogP contribution in [0, 0.1) is 11.7 Å². The van der Waals surface area contributed by atoms with Crippen LogP contribution in [-0.2, 0) is 16.4 Å². The summed E-state index contributed by atoms with van der Waals surface area (Å²) in [5, 5.41) is 4.77. The van der Waals surface area contributed by atoms with E-state index in [0.717, 1.165) is 48.8 Å². The Balaban J connectivity index is 1.63. The predicted molar refractivity (Wildman–Crippen MR) is 116 cm³/mol. The normalized spacial score (nSPS) is 15.8. The molecule has 1 aliphatic rings. The standard InChI is InChI=1S/C23H22FN3O2S/c24-19-3-6-23-21(14-19)18(12-16-7-10-25-11-8-16)15-27(23)30(28,29)20-4-5-22-17(13-20)2-1-9-26-22/h1-6,9,13-16,25H,7-8,10-12H2. The summed E-state index contributed by atoms with van der Waals surface area (Å²) in [5.41, 5.74) is 2.12. The fraction of sp³-hybridized carbons (Fsp3) is 0.261. The number of benzene rings is 2. The van der Waals surface area contributed by atoms with Crippen molar-refractivity contribution in [3.8, 4) is 0 Å². The molecular weight excluding hydrogens is 401 g/mol. The van der Waals surface area contributed by atoms with Crippen molar-refractivity contribution in [1.82, 2.24) is 14.3 Å². The number of nitrogens with zero attached hydrogens (tertiary/aromatic N) is 2. The Morgan fingerprint density at radius 1 is 1.10 bits per heavy atom. The first kappa shape index (κ1) is 19.2. The van der Waals surface area contributed by atoms with Gasteiger partial charge in [-0.15, -0.1) is 0 Å². The van der Waals surface area contributed by atoms with Crippen LogP contribution in [0.15, 0.2) is 65.8 Å². The van der Waals surface area contributed by atoms with Gasteiger partial charge in [-0.1, -0.05) is 6.07 Å². The molecule has 1 N–H and O–H groups in total. The Hall–Kier alpha value is -2.77. The van der Waals surface area contributed by atoms with Crippen molar-refractivity contribution in [1.29, 1.82) is 0 Å². The lowest BCUT2D eigenvalue weighted by molar-refractivity contribution is 0.373. The molecule has 1 saturated heterocycles. The molecule has 154 valence electrons. The third-order valence-electron chi connectivity index (χ3n) is 5.91. The van der Waals surface area contributed by atoms with Crippen molar-refractivity contribution in [2.45, 2.75) is 24.2 Å². The van der Waals surface area contributed by atoms with E-state index in [4.69, 9.17) is 0 Å². The van der Waals surface area contributed by atoms with Crippen molar-refractivity contribution in [3.63, 3.8) is 0 Å². The van der Waals surface area contributed by atoms with Crippen LogP contribution in [0.3, 0.4) is 0 Å². The van der Waals surface area contributed by atoms with Gasteiger partial charge in [-0.25, -0.2) is 16.8 Å². The van der Waals surface area contributed by atoms with E-state index in [1.165, 1.54) is 16.1 Å². The van der Waals surface area contributed by atoms with Gasteiger partial charge in [-0.3, -0.25) is 4.98 Å². The van der Waals surface area contributed by atoms with E-state index in [-0.39, 0.29) is 10.7 Å². The number of hydrogen-bond donors (Lipinski definition) is 1. The van der Waals surface area contributed by atoms with Crippen molar-refractivity contribution >= 4 is 31.8 Å². The van der Waals surface area contributed by atoms with Crippen LogP contribution in [0.25, 0.3) is 21.8 Å². The van der Waals surface area contributed by atoms with Crippen LogP contribution in [0.2, 0.25) is 0 Å². The van der Waals surface area contributed by atoms with Crippen LogP contribution in [0.5, 0.6) is 0 Å². The SMILES string of the molecule is O=S(=O)(c1ccc2ncccc2c1)n1cc(CC2CCNCC2)c2cc(F)ccc21. The molecule has 0 atom stereocenters. The van der Waals surface area contributed by atoms with E-state index in [0.29, 0.717) is 16.8 Å². The summed E-state index contributed by atoms with van der Waals surface area (Å²) in [4.78, 5) is 4.45. The van der Waals surface area contributed by atoms with Gasteiger partial charge in [0, 0.05) is 23.2 Å². The fourth-order valence-electron chi connectivity index (χ4n) is 4.32. The van der Waals surface area contributed by atoms with Gasteiger partial charge < -0.3 is 5.32 Å². The molecule has 30 heavy (non-hydrogen) atoms. The van der Waals surface area contributed by atoms with Gasteiger partial charge in [-0.05, 0) is 86.3 Å². The van der Waals surface area contributed by atoms with Gasteiger partial charge in [0.15, 0.2) is 0 Å². The van der Waals surface area contributed by atoms with Gasteiger partial charge in [0.2, 0.25) is 0 Å². The van der Waals surface area contributed by atoms with E-state index >= 15 is 0 Å². The summed E-state index contributed by atoms with van der Waals surface area (Å²) >= 11 is 0. The third kappa shape index (κ3) is 3.38. The maximum absolute atomic E-state index is 14.0. The zero-order chi connectivity index (χ0) is 20.7. The second kappa shape index (κ2) is 7.49. The van der Waals surface area contributed by atoms with E-state index in [9.17, 15) is 12.8 Å². The molecule has 0 radical (unpaired) electrons. The van der Waals surface area contributed by atoms with Gasteiger partial charge in [0.25, 0.3) is 10.0 Å². The zero-order valence-electron chi connectivity index (χ0n) is 16.4. The maximum atomic E-state index is 14.0. The second-order valence-corrected chi connectivity index (χ2v) is 9.69. The topological polar surface area (TPSA) is 64.0 Å². The number of fused-ring (bicyclic) bond motifs is 2. The van der Waals surface area contributed by atoms with Crippen LogP contribution in [-0.4, -0.2) is 30.5 Å². The molecular formula is C23H22FN3O2S. The quantitative estimate of drug-likeness (QED) is 0.537. The Labute approximate surface area is 174 Å². The molecule has 0 aliphatic carbocycles. The Kier molecular flexibility index (Phi) is 4.79. The highest BCUT2D eigenvalue weighted by atomic mass is 32.2. The van der Waals surface area contributed by atoms with Crippen LogP contribution >= 0.6 is 0 Å². The fourth-order valence-corrected chi connectivity index (χ4v) is 5.75. The third-order valence-corrected chi connectivity index (χ3v) is 7.58. The summed E-state index contributed by atoms with van der Waals surface area (Å²) in [7, 11) is -3.84. The molecule has 1 aliphatic heterocycles. The lowest BCUT2D eigenvalue weighted by Gasteiger charge is -2.22. The summed E-state index contributed by atoms with van der Waals surface area (Å²) in [6.45, 7) is 1.92. The summed E-state index contributed by atoms with van der Waals surface area (Å²) < 4.78 is 42.4. The zero-order valence-corrected chi connectivity index (χ0v) is 17.2. The minimum Gasteiger partial charge on any atom is -0.317 e. The average molecular weight is 424 g/mol. The number of pyridine rings is 1. The smallest absolute Gasteiger partial charge is 0.268 e. The summed E-state index contributed by atoms with van der Waals surface area (Å²) in [6, 6.07) is 12.9. The number of halogens is 1. The molecule has 0 amide bonds. The minimum atomic E-state index is -3.84. The monoisotopic (exact) mass is 423 g/mol. The molecule has 0 unspecified atom stereocenters. The molecule has 0 spiro atoms. The predicted octanol–water partition coefficient (Wildman–Crippen LogP) is 4.11. The number of hydrogen-bond acceptors (Lipinski definition) is 4. The van der Waals surface area contributed by atoms with Gasteiger partial charge in [-0.2, -0.15) is 0 Å². The van der Waals surface area contributed by atoms with E-state index in [1.54, 1.807) is 42.7 Å². The first-order valence-electron chi connectivity index (χ1n) is 10.1. The summed E-state index contributed by atoms with van der Waals surface area (Å²) in [5.74, 6) is 0.101. The lowest BCUT2D eigenvalue weighted by atomic mass is 9.91. The number of rotatable bonds is 4. The Morgan fingerprint density at radius 3 is 2.77 bits per heavy atom. The van der Waals surface area contributed by atoms with Crippen LogP contribution in [0.4, 0.5) is 4.39 Å². The molecule has 0 saturated carbocycles. The number of aromatic nitrogens is 2. The minimum absolute atomic E-state index is 0.192. The Bertz CT molecular complexity index is 1340. The highest BCUT2D eigenvalue weighted by molar-refractivity contribution is 7.90. The van der Waals surface area contributed by atoms with Crippen LogP contribution < -0.4 is 5.32 Å². The molecule has 3 heterocycles. The molecule has 7 heteroatoms. The first-order chi connectivity index (χ1) is 14.5. The Morgan fingerprint density at radius 2 is 1.93 bits per heavy atom. The molecule has 2 aromatic heterocycles. The second-order valence-electron chi connectivity index (χ2n) is 7.87. The molecule has 4 aromatic rings. The van der Waals surface area contributed by atoms with E-state index < -0.39 is 10.0 Å². The van der Waals surface area contributed by atoms with E-state index in [2.05, 4.69) is 10.3 Å². The lowest BCUT2D eigenvalue weighted by Crippen LogP contribution is -2.28. The summed E-state index contributed by atoms with van der Waals surface area (Å²) in [6.07, 6.45) is 6.16. The average Bonchev–Trinajstić information content (AvgIpc) is 3.12. The molecule has 1 fully saturated rings. The number of piperidine rings is 1. The van der Waals surface area contributed by atoms with Crippen LogP contribution in [0.1, 0.15) is 18.4 Å². The number of nitrogens with one attached hydrogen (secondary N) is 1. The molecule has 0 bridgehead atoms. The maximum Gasteiger partial charge on any atom is 0.268 e. The van der Waals surface area contributed by atoms with Crippen molar-refractivity contribution in [2.75, 3.05) is 13.1 Å². The van der Waals surface area contributed by atoms with Crippen molar-refractivity contribution < 1.29 is 12.8 Å². The molecule has 5 rings (SSSR count). The molecule has 2 aromatic carbocycles. The first-order valence-corrected chi connectivity index (χ1v) is 11.6. The van der Waals surface area contributed by atoms with Gasteiger partial charge in [0.1, 0.15) is 5.82 Å².